The Hall–Kier alpha value is -2.07. The lowest BCUT2D eigenvalue weighted by molar-refractivity contribution is -0.118. The summed E-state index contributed by atoms with van der Waals surface area (Å²) < 4.78 is 18.0. The summed E-state index contributed by atoms with van der Waals surface area (Å²) in [7, 11) is 0. The predicted molar refractivity (Wildman–Crippen MR) is 81.5 cm³/mol. The molecular weight excluding hydrogens is 293 g/mol. The van der Waals surface area contributed by atoms with Gasteiger partial charge in [-0.3, -0.25) is 4.79 Å². The Morgan fingerprint density at radius 3 is 2.52 bits per heavy atom. The van der Waals surface area contributed by atoms with E-state index in [0.29, 0.717) is 16.5 Å². The largest absolute Gasteiger partial charge is 0.484 e. The van der Waals surface area contributed by atoms with E-state index in [1.54, 1.807) is 6.07 Å². The Balaban J connectivity index is 1.97. The molecule has 1 N–H and O–H groups in total. The quantitative estimate of drug-likeness (QED) is 0.923. The third kappa shape index (κ3) is 4.20. The van der Waals surface area contributed by atoms with Crippen LogP contribution in [0.1, 0.15) is 11.1 Å². The summed E-state index contributed by atoms with van der Waals surface area (Å²) in [5, 5.41) is 3.21. The maximum Gasteiger partial charge on any atom is 0.262 e. The molecule has 0 atom stereocenters. The minimum atomic E-state index is -0.353. The van der Waals surface area contributed by atoms with E-state index in [1.165, 1.54) is 24.3 Å². The van der Waals surface area contributed by atoms with Crippen molar-refractivity contribution < 1.29 is 13.9 Å². The first kappa shape index (κ1) is 15.3. The van der Waals surface area contributed by atoms with Gasteiger partial charge in [-0.15, -0.1) is 0 Å². The summed E-state index contributed by atoms with van der Waals surface area (Å²) in [5.74, 6) is -0.250. The Bertz CT molecular complexity index is 633. The number of ether oxygens (including phenoxy) is 1. The molecule has 3 nitrogen and oxygen atoms in total. The van der Waals surface area contributed by atoms with Crippen LogP contribution >= 0.6 is 11.6 Å². The van der Waals surface area contributed by atoms with Crippen LogP contribution in [-0.4, -0.2) is 12.5 Å². The van der Waals surface area contributed by atoms with E-state index in [-0.39, 0.29) is 18.3 Å². The second-order valence-electron chi connectivity index (χ2n) is 4.73. The molecule has 110 valence electrons. The van der Waals surface area contributed by atoms with Gasteiger partial charge < -0.3 is 10.1 Å². The monoisotopic (exact) mass is 307 g/mol. The van der Waals surface area contributed by atoms with Gasteiger partial charge in [0.25, 0.3) is 5.91 Å². The van der Waals surface area contributed by atoms with Gasteiger partial charge in [-0.1, -0.05) is 17.7 Å². The predicted octanol–water partition coefficient (Wildman–Crippen LogP) is 4.11. The first-order valence-electron chi connectivity index (χ1n) is 6.40. The van der Waals surface area contributed by atoms with Crippen molar-refractivity contribution >= 4 is 23.2 Å². The highest BCUT2D eigenvalue weighted by atomic mass is 35.5. The van der Waals surface area contributed by atoms with Crippen LogP contribution < -0.4 is 10.1 Å². The average molecular weight is 308 g/mol. The third-order valence-electron chi connectivity index (χ3n) is 2.88. The molecule has 1 amide bonds. The third-order valence-corrected chi connectivity index (χ3v) is 3.18. The summed E-state index contributed by atoms with van der Waals surface area (Å²) in [6.45, 7) is 3.63. The molecule has 0 spiro atoms. The number of halogens is 2. The van der Waals surface area contributed by atoms with E-state index >= 15 is 0 Å². The molecule has 0 saturated carbocycles. The van der Waals surface area contributed by atoms with Crippen molar-refractivity contribution in [3.63, 3.8) is 0 Å². The lowest BCUT2D eigenvalue weighted by Crippen LogP contribution is -2.21. The van der Waals surface area contributed by atoms with Gasteiger partial charge in [-0.05, 0) is 55.3 Å². The minimum absolute atomic E-state index is 0.171. The van der Waals surface area contributed by atoms with Crippen molar-refractivity contribution in [3.05, 3.63) is 58.4 Å². The zero-order chi connectivity index (χ0) is 15.4. The fraction of sp³-hybridized carbons (Fsp3) is 0.188. The summed E-state index contributed by atoms with van der Waals surface area (Å²) in [4.78, 5) is 11.9. The molecule has 0 aliphatic carbocycles. The fourth-order valence-electron chi connectivity index (χ4n) is 1.93. The van der Waals surface area contributed by atoms with E-state index in [9.17, 15) is 9.18 Å². The summed E-state index contributed by atoms with van der Waals surface area (Å²) in [6.07, 6.45) is 0. The fourth-order valence-corrected chi connectivity index (χ4v) is 2.30. The minimum Gasteiger partial charge on any atom is -0.484 e. The first-order chi connectivity index (χ1) is 9.95. The maximum atomic E-state index is 12.7. The number of nitrogens with one attached hydrogen (secondary N) is 1. The highest BCUT2D eigenvalue weighted by Crippen LogP contribution is 2.27. The molecule has 0 radical (unpaired) electrons. The van der Waals surface area contributed by atoms with E-state index in [2.05, 4.69) is 5.32 Å². The molecule has 0 fully saturated rings. The van der Waals surface area contributed by atoms with Gasteiger partial charge >= 0.3 is 0 Å². The first-order valence-corrected chi connectivity index (χ1v) is 6.78. The van der Waals surface area contributed by atoms with E-state index in [4.69, 9.17) is 16.3 Å². The number of anilines is 1. The lowest BCUT2D eigenvalue weighted by Gasteiger charge is -2.12. The highest BCUT2D eigenvalue weighted by molar-refractivity contribution is 6.34. The van der Waals surface area contributed by atoms with Gasteiger partial charge in [0, 0.05) is 0 Å². The van der Waals surface area contributed by atoms with Crippen LogP contribution in [0.5, 0.6) is 5.75 Å². The van der Waals surface area contributed by atoms with Crippen molar-refractivity contribution in [1.82, 2.24) is 0 Å². The normalized spacial score (nSPS) is 10.3. The van der Waals surface area contributed by atoms with Crippen LogP contribution in [0.15, 0.2) is 36.4 Å². The standard InChI is InChI=1S/C16H15ClFNO2/c1-10-7-11(2)16(14(17)8-10)19-15(20)9-21-13-5-3-12(18)4-6-13/h3-8H,9H2,1-2H3,(H,19,20). The molecule has 0 unspecified atom stereocenters. The van der Waals surface area contributed by atoms with Crippen molar-refractivity contribution in [2.24, 2.45) is 0 Å². The second kappa shape index (κ2) is 6.59. The van der Waals surface area contributed by atoms with Crippen molar-refractivity contribution in [3.8, 4) is 5.75 Å². The van der Waals surface area contributed by atoms with Gasteiger partial charge in [0.1, 0.15) is 11.6 Å². The van der Waals surface area contributed by atoms with Crippen LogP contribution in [0.3, 0.4) is 0 Å². The van der Waals surface area contributed by atoms with Gasteiger partial charge in [0.05, 0.1) is 10.7 Å². The molecule has 0 aromatic heterocycles. The lowest BCUT2D eigenvalue weighted by atomic mass is 10.1. The van der Waals surface area contributed by atoms with Crippen LogP contribution in [0.25, 0.3) is 0 Å². The second-order valence-corrected chi connectivity index (χ2v) is 5.14. The molecule has 0 aliphatic rings. The molecule has 0 bridgehead atoms. The molecule has 0 aliphatic heterocycles. The smallest absolute Gasteiger partial charge is 0.262 e. The Morgan fingerprint density at radius 2 is 1.90 bits per heavy atom. The number of carbonyl (C=O) groups is 1. The van der Waals surface area contributed by atoms with Crippen LogP contribution in [0.4, 0.5) is 10.1 Å². The number of benzene rings is 2. The molecule has 21 heavy (non-hydrogen) atoms. The molecule has 2 rings (SSSR count). The molecular formula is C16H15ClFNO2. The number of hydrogen-bond acceptors (Lipinski definition) is 2. The number of hydrogen-bond donors (Lipinski definition) is 1. The molecule has 0 heterocycles. The molecule has 2 aromatic rings. The van der Waals surface area contributed by atoms with E-state index in [0.717, 1.165) is 11.1 Å². The van der Waals surface area contributed by atoms with Crippen molar-refractivity contribution in [1.29, 1.82) is 0 Å². The number of carbonyl (C=O) groups excluding carboxylic acids is 1. The van der Waals surface area contributed by atoms with Crippen molar-refractivity contribution in [2.75, 3.05) is 11.9 Å². The number of amides is 1. The summed E-state index contributed by atoms with van der Waals surface area (Å²) in [5.41, 5.74) is 2.49. The SMILES string of the molecule is Cc1cc(C)c(NC(=O)COc2ccc(F)cc2)c(Cl)c1. The van der Waals surface area contributed by atoms with E-state index < -0.39 is 0 Å². The zero-order valence-corrected chi connectivity index (χ0v) is 12.5. The Labute approximate surface area is 127 Å². The Kier molecular flexibility index (Phi) is 4.81. The van der Waals surface area contributed by atoms with Gasteiger partial charge in [-0.25, -0.2) is 4.39 Å². The average Bonchev–Trinajstić information content (AvgIpc) is 2.42. The number of rotatable bonds is 4. The topological polar surface area (TPSA) is 38.3 Å². The van der Waals surface area contributed by atoms with Gasteiger partial charge in [0.2, 0.25) is 0 Å². The van der Waals surface area contributed by atoms with Crippen LogP contribution in [0, 0.1) is 19.7 Å². The van der Waals surface area contributed by atoms with Crippen LogP contribution in [-0.2, 0) is 4.79 Å². The van der Waals surface area contributed by atoms with Gasteiger partial charge in [-0.2, -0.15) is 0 Å². The molecule has 0 saturated heterocycles. The summed E-state index contributed by atoms with van der Waals surface area (Å²) in [6, 6.07) is 9.19. The Morgan fingerprint density at radius 1 is 1.24 bits per heavy atom. The van der Waals surface area contributed by atoms with E-state index in [1.807, 2.05) is 19.9 Å². The summed E-state index contributed by atoms with van der Waals surface area (Å²) >= 11 is 6.12. The van der Waals surface area contributed by atoms with Crippen molar-refractivity contribution in [2.45, 2.75) is 13.8 Å². The molecule has 5 heteroatoms. The number of aryl methyl sites for hydroxylation is 2. The maximum absolute atomic E-state index is 12.7. The molecule has 2 aromatic carbocycles. The highest BCUT2D eigenvalue weighted by Gasteiger charge is 2.10. The van der Waals surface area contributed by atoms with Gasteiger partial charge in [0.15, 0.2) is 6.61 Å². The zero-order valence-electron chi connectivity index (χ0n) is 11.7. The van der Waals surface area contributed by atoms with Crippen LogP contribution in [0.2, 0.25) is 5.02 Å².